The van der Waals surface area contributed by atoms with Crippen LogP contribution in [0.15, 0.2) is 42.6 Å². The van der Waals surface area contributed by atoms with E-state index in [9.17, 15) is 4.79 Å². The van der Waals surface area contributed by atoms with Gasteiger partial charge in [-0.25, -0.2) is 4.98 Å². The van der Waals surface area contributed by atoms with Gasteiger partial charge in [-0.2, -0.15) is 0 Å². The Bertz CT molecular complexity index is 787. The third-order valence-corrected chi connectivity index (χ3v) is 5.77. The lowest BCUT2D eigenvalue weighted by Gasteiger charge is -2.35. The lowest BCUT2D eigenvalue weighted by molar-refractivity contribution is -0.137. The van der Waals surface area contributed by atoms with Gasteiger partial charge in [0.2, 0.25) is 5.91 Å². The van der Waals surface area contributed by atoms with E-state index in [0.717, 1.165) is 43.9 Å². The summed E-state index contributed by atoms with van der Waals surface area (Å²) in [5.74, 6) is 1.21. The lowest BCUT2D eigenvalue weighted by Crippen LogP contribution is -2.44. The molecule has 3 rings (SSSR count). The van der Waals surface area contributed by atoms with Crippen LogP contribution in [0.5, 0.6) is 0 Å². The van der Waals surface area contributed by atoms with Crippen molar-refractivity contribution in [3.63, 3.8) is 0 Å². The second-order valence-corrected chi connectivity index (χ2v) is 8.66. The number of piperidine rings is 1. The van der Waals surface area contributed by atoms with Crippen molar-refractivity contribution in [3.05, 3.63) is 58.2 Å². The van der Waals surface area contributed by atoms with Gasteiger partial charge in [-0.1, -0.05) is 35.3 Å². The van der Waals surface area contributed by atoms with Gasteiger partial charge < -0.3 is 14.7 Å². The second-order valence-electron chi connectivity index (χ2n) is 7.79. The largest absolute Gasteiger partial charge is 0.357 e. The summed E-state index contributed by atoms with van der Waals surface area (Å²) in [5, 5.41) is 1.35. The predicted octanol–water partition coefficient (Wildman–Crippen LogP) is 4.20. The predicted molar refractivity (Wildman–Crippen MR) is 120 cm³/mol. The van der Waals surface area contributed by atoms with Crippen molar-refractivity contribution < 1.29 is 4.79 Å². The summed E-state index contributed by atoms with van der Waals surface area (Å²) in [5.41, 5.74) is 1.10. The van der Waals surface area contributed by atoms with E-state index in [0.29, 0.717) is 23.1 Å². The third-order valence-electron chi connectivity index (χ3n) is 5.30. The molecule has 0 aliphatic carbocycles. The van der Waals surface area contributed by atoms with Crippen LogP contribution in [0.25, 0.3) is 0 Å². The van der Waals surface area contributed by atoms with Gasteiger partial charge in [0.05, 0.1) is 5.02 Å². The van der Waals surface area contributed by atoms with E-state index in [-0.39, 0.29) is 11.8 Å². The topological polar surface area (TPSA) is 39.7 Å². The van der Waals surface area contributed by atoms with Crippen LogP contribution in [0.3, 0.4) is 0 Å². The van der Waals surface area contributed by atoms with E-state index in [1.54, 1.807) is 6.20 Å². The minimum Gasteiger partial charge on any atom is -0.357 e. The van der Waals surface area contributed by atoms with Gasteiger partial charge in [-0.3, -0.25) is 4.79 Å². The average molecular weight is 435 g/mol. The number of carbonyl (C=O) groups is 1. The van der Waals surface area contributed by atoms with E-state index in [2.05, 4.69) is 14.8 Å². The van der Waals surface area contributed by atoms with Crippen LogP contribution in [0.1, 0.15) is 18.4 Å². The van der Waals surface area contributed by atoms with Gasteiger partial charge in [0.25, 0.3) is 0 Å². The molecule has 1 aliphatic rings. The number of halogens is 2. The summed E-state index contributed by atoms with van der Waals surface area (Å²) in [6.45, 7) is 3.82. The highest BCUT2D eigenvalue weighted by molar-refractivity contribution is 6.30. The fraction of sp³-hybridized carbons (Fsp3) is 0.455. The zero-order valence-electron chi connectivity index (χ0n) is 17.0. The fourth-order valence-electron chi connectivity index (χ4n) is 3.57. The fourth-order valence-corrected chi connectivity index (χ4v) is 3.80. The molecule has 2 heterocycles. The van der Waals surface area contributed by atoms with Crippen LogP contribution < -0.4 is 4.90 Å². The first-order valence-corrected chi connectivity index (χ1v) is 10.7. The normalized spacial score (nSPS) is 15.0. The molecule has 1 aromatic carbocycles. The molecule has 0 N–H and O–H groups in total. The highest BCUT2D eigenvalue weighted by Crippen LogP contribution is 2.25. The number of benzene rings is 1. The van der Waals surface area contributed by atoms with Crippen LogP contribution in [-0.4, -0.2) is 61.0 Å². The molecule has 1 aromatic heterocycles. The molecule has 2 aromatic rings. The summed E-state index contributed by atoms with van der Waals surface area (Å²) in [7, 11) is 4.06. The van der Waals surface area contributed by atoms with Gasteiger partial charge in [0, 0.05) is 49.9 Å². The van der Waals surface area contributed by atoms with Crippen LogP contribution >= 0.6 is 23.2 Å². The first-order chi connectivity index (χ1) is 13.9. The molecule has 7 heteroatoms. The smallest absolute Gasteiger partial charge is 0.226 e. The SMILES string of the molecule is CN(C)CCN(Cc1ccc(Cl)cc1)C(=O)C1CCN(c2ccc(Cl)cn2)CC1. The zero-order valence-corrected chi connectivity index (χ0v) is 18.5. The number of hydrogen-bond donors (Lipinski definition) is 0. The maximum absolute atomic E-state index is 13.3. The minimum absolute atomic E-state index is 0.0491. The Morgan fingerprint density at radius 3 is 2.28 bits per heavy atom. The minimum atomic E-state index is 0.0491. The Balaban J connectivity index is 1.62. The van der Waals surface area contributed by atoms with Crippen molar-refractivity contribution >= 4 is 34.9 Å². The van der Waals surface area contributed by atoms with Crippen molar-refractivity contribution in [2.24, 2.45) is 5.92 Å². The molecule has 1 aliphatic heterocycles. The number of likely N-dealkylation sites (N-methyl/N-ethyl adjacent to an activating group) is 1. The second kappa shape index (κ2) is 10.3. The summed E-state index contributed by atoms with van der Waals surface area (Å²) in [6.07, 6.45) is 3.34. The molecule has 29 heavy (non-hydrogen) atoms. The zero-order chi connectivity index (χ0) is 20.8. The van der Waals surface area contributed by atoms with Gasteiger partial charge in [-0.05, 0) is 56.8 Å². The number of carbonyl (C=O) groups excluding carboxylic acids is 1. The number of pyridine rings is 1. The highest BCUT2D eigenvalue weighted by Gasteiger charge is 2.29. The van der Waals surface area contributed by atoms with E-state index in [1.165, 1.54) is 0 Å². The molecule has 1 amide bonds. The summed E-state index contributed by atoms with van der Waals surface area (Å²) < 4.78 is 0. The van der Waals surface area contributed by atoms with Crippen LogP contribution in [0.2, 0.25) is 10.0 Å². The molecule has 0 radical (unpaired) electrons. The molecule has 0 bridgehead atoms. The first kappa shape index (κ1) is 21.9. The van der Waals surface area contributed by atoms with Gasteiger partial charge in [0.1, 0.15) is 5.82 Å². The van der Waals surface area contributed by atoms with Crippen molar-refractivity contribution in [2.45, 2.75) is 19.4 Å². The van der Waals surface area contributed by atoms with Crippen molar-refractivity contribution in [3.8, 4) is 0 Å². The highest BCUT2D eigenvalue weighted by atomic mass is 35.5. The number of hydrogen-bond acceptors (Lipinski definition) is 4. The number of nitrogens with zero attached hydrogens (tertiary/aromatic N) is 4. The molecule has 5 nitrogen and oxygen atoms in total. The number of anilines is 1. The molecular weight excluding hydrogens is 407 g/mol. The molecule has 0 unspecified atom stereocenters. The van der Waals surface area contributed by atoms with Gasteiger partial charge >= 0.3 is 0 Å². The first-order valence-electron chi connectivity index (χ1n) is 9.97. The summed E-state index contributed by atoms with van der Waals surface area (Å²) in [6, 6.07) is 11.5. The average Bonchev–Trinajstić information content (AvgIpc) is 2.72. The standard InChI is InChI=1S/C22H28Cl2N4O/c1-26(2)13-14-28(16-17-3-5-19(23)6-4-17)22(29)18-9-11-27(12-10-18)21-8-7-20(24)15-25-21/h3-8,15,18H,9-14,16H2,1-2H3. The Morgan fingerprint density at radius 1 is 1.03 bits per heavy atom. The quantitative estimate of drug-likeness (QED) is 0.654. The summed E-state index contributed by atoms with van der Waals surface area (Å²) in [4.78, 5) is 24.0. The van der Waals surface area contributed by atoms with Crippen molar-refractivity contribution in [1.82, 2.24) is 14.8 Å². The van der Waals surface area contributed by atoms with E-state index >= 15 is 0 Å². The van der Waals surface area contributed by atoms with E-state index < -0.39 is 0 Å². The lowest BCUT2D eigenvalue weighted by atomic mass is 9.95. The molecule has 0 spiro atoms. The number of amides is 1. The summed E-state index contributed by atoms with van der Waals surface area (Å²) >= 11 is 11.9. The number of rotatable bonds is 7. The molecule has 1 fully saturated rings. The third kappa shape index (κ3) is 6.33. The number of aromatic nitrogens is 1. The molecule has 0 saturated carbocycles. The monoisotopic (exact) mass is 434 g/mol. The molecular formula is C22H28Cl2N4O. The van der Waals surface area contributed by atoms with Gasteiger partial charge in [0.15, 0.2) is 0 Å². The van der Waals surface area contributed by atoms with Crippen molar-refractivity contribution in [2.75, 3.05) is 45.2 Å². The van der Waals surface area contributed by atoms with Crippen LogP contribution in [0.4, 0.5) is 5.82 Å². The van der Waals surface area contributed by atoms with Crippen LogP contribution in [0, 0.1) is 5.92 Å². The maximum Gasteiger partial charge on any atom is 0.226 e. The Kier molecular flexibility index (Phi) is 7.76. The van der Waals surface area contributed by atoms with Crippen LogP contribution in [-0.2, 0) is 11.3 Å². The van der Waals surface area contributed by atoms with Gasteiger partial charge in [-0.15, -0.1) is 0 Å². The van der Waals surface area contributed by atoms with Crippen molar-refractivity contribution in [1.29, 1.82) is 0 Å². The molecule has 1 saturated heterocycles. The molecule has 156 valence electrons. The Hall–Kier alpha value is -1.82. The van der Waals surface area contributed by atoms with E-state index in [4.69, 9.17) is 23.2 Å². The Morgan fingerprint density at radius 2 is 1.69 bits per heavy atom. The Labute approximate surface area is 183 Å². The maximum atomic E-state index is 13.3. The molecule has 0 atom stereocenters. The van der Waals surface area contributed by atoms with E-state index in [1.807, 2.05) is 55.4 Å².